The Kier molecular flexibility index (Phi) is 5.46. The molecule has 0 aliphatic carbocycles. The minimum absolute atomic E-state index is 0.140. The molecule has 0 amide bonds. The van der Waals surface area contributed by atoms with Crippen LogP contribution in [0, 0.1) is 13.8 Å². The Balaban J connectivity index is 1.69. The van der Waals surface area contributed by atoms with Crippen LogP contribution in [0.2, 0.25) is 0 Å². The first kappa shape index (κ1) is 14.9. The van der Waals surface area contributed by atoms with Crippen LogP contribution in [-0.4, -0.2) is 34.6 Å². The average Bonchev–Trinajstić information content (AvgIpc) is 2.93. The number of aliphatic hydroxyl groups excluding tert-OH is 1. The number of thiophene rings is 1. The molecule has 0 radical (unpaired) electrons. The number of nitrogens with zero attached hydrogens (tertiary/aromatic N) is 2. The fourth-order valence-corrected chi connectivity index (χ4v) is 2.15. The first-order chi connectivity index (χ1) is 9.65. The molecule has 2 heterocycles. The number of hydrogen-bond donors (Lipinski definition) is 1. The van der Waals surface area contributed by atoms with Gasteiger partial charge in [0.25, 0.3) is 0 Å². The largest absolute Gasteiger partial charge is 0.474 e. The minimum atomic E-state index is -0.682. The molecule has 6 heteroatoms. The summed E-state index contributed by atoms with van der Waals surface area (Å²) < 4.78 is 10.8. The number of aliphatic hydroxyl groups is 1. The molecule has 0 bridgehead atoms. The number of aromatic nitrogens is 2. The second-order valence-corrected chi connectivity index (χ2v) is 5.54. The van der Waals surface area contributed by atoms with E-state index in [9.17, 15) is 5.11 Å². The van der Waals surface area contributed by atoms with Crippen molar-refractivity contribution < 1.29 is 14.6 Å². The molecular weight excluding hydrogens is 276 g/mol. The van der Waals surface area contributed by atoms with Gasteiger partial charge in [-0.25, -0.2) is 0 Å². The van der Waals surface area contributed by atoms with Gasteiger partial charge in [-0.2, -0.15) is 5.10 Å². The maximum atomic E-state index is 9.77. The lowest BCUT2D eigenvalue weighted by Crippen LogP contribution is -2.23. The van der Waals surface area contributed by atoms with Crippen LogP contribution in [0.1, 0.15) is 16.1 Å². The highest BCUT2D eigenvalue weighted by molar-refractivity contribution is 7.09. The Hall–Kier alpha value is -1.50. The number of ether oxygens (including phenoxy) is 2. The highest BCUT2D eigenvalue weighted by atomic mass is 32.1. The van der Waals surface area contributed by atoms with Gasteiger partial charge in [0.1, 0.15) is 12.7 Å². The van der Waals surface area contributed by atoms with E-state index in [4.69, 9.17) is 9.47 Å². The molecule has 0 unspecified atom stereocenters. The van der Waals surface area contributed by atoms with E-state index in [0.29, 0.717) is 12.5 Å². The van der Waals surface area contributed by atoms with Crippen molar-refractivity contribution in [1.29, 1.82) is 0 Å². The van der Waals surface area contributed by atoms with Crippen LogP contribution in [0.3, 0.4) is 0 Å². The van der Waals surface area contributed by atoms with Crippen LogP contribution in [0.25, 0.3) is 0 Å². The molecule has 2 aromatic heterocycles. The zero-order valence-corrected chi connectivity index (χ0v) is 12.4. The van der Waals surface area contributed by atoms with Crippen molar-refractivity contribution in [2.45, 2.75) is 26.6 Å². The Morgan fingerprint density at radius 2 is 2.15 bits per heavy atom. The van der Waals surface area contributed by atoms with Gasteiger partial charge >= 0.3 is 0 Å². The van der Waals surface area contributed by atoms with Crippen LogP contribution in [0.15, 0.2) is 23.6 Å². The molecule has 2 rings (SSSR count). The third kappa shape index (κ3) is 4.56. The summed E-state index contributed by atoms with van der Waals surface area (Å²) in [7, 11) is 0. The van der Waals surface area contributed by atoms with E-state index in [2.05, 4.69) is 10.2 Å². The summed E-state index contributed by atoms with van der Waals surface area (Å²) in [5.41, 5.74) is 1.88. The number of hydrogen-bond acceptors (Lipinski definition) is 6. The quantitative estimate of drug-likeness (QED) is 0.847. The van der Waals surface area contributed by atoms with E-state index in [1.54, 1.807) is 11.3 Å². The van der Waals surface area contributed by atoms with Crippen LogP contribution in [-0.2, 0) is 11.3 Å². The molecule has 0 spiro atoms. The van der Waals surface area contributed by atoms with Crippen LogP contribution in [0.4, 0.5) is 0 Å². The normalized spacial score (nSPS) is 12.3. The minimum Gasteiger partial charge on any atom is -0.474 e. The second kappa shape index (κ2) is 7.33. The molecule has 5 nitrogen and oxygen atoms in total. The van der Waals surface area contributed by atoms with E-state index in [-0.39, 0.29) is 13.2 Å². The number of aryl methyl sites for hydroxylation is 2. The van der Waals surface area contributed by atoms with Crippen molar-refractivity contribution in [3.8, 4) is 5.88 Å². The summed E-state index contributed by atoms with van der Waals surface area (Å²) in [4.78, 5) is 1.14. The lowest BCUT2D eigenvalue weighted by atomic mass is 10.2. The molecular formula is C14H18N2O3S. The maximum Gasteiger partial charge on any atom is 0.233 e. The zero-order valence-electron chi connectivity index (χ0n) is 11.6. The van der Waals surface area contributed by atoms with Crippen molar-refractivity contribution >= 4 is 11.3 Å². The van der Waals surface area contributed by atoms with Gasteiger partial charge in [0.2, 0.25) is 5.88 Å². The maximum absolute atomic E-state index is 9.77. The van der Waals surface area contributed by atoms with Gasteiger partial charge in [-0.05, 0) is 30.9 Å². The van der Waals surface area contributed by atoms with Crippen LogP contribution in [0.5, 0.6) is 5.88 Å². The van der Waals surface area contributed by atoms with Crippen LogP contribution < -0.4 is 4.74 Å². The summed E-state index contributed by atoms with van der Waals surface area (Å²) in [6.45, 7) is 4.72. The lowest BCUT2D eigenvalue weighted by Gasteiger charge is -2.12. The molecule has 0 saturated heterocycles. The molecule has 0 fully saturated rings. The highest BCUT2D eigenvalue weighted by Crippen LogP contribution is 2.11. The third-order valence-corrected chi connectivity index (χ3v) is 3.62. The second-order valence-electron chi connectivity index (χ2n) is 4.51. The monoisotopic (exact) mass is 294 g/mol. The summed E-state index contributed by atoms with van der Waals surface area (Å²) in [6, 6.07) is 5.78. The van der Waals surface area contributed by atoms with Gasteiger partial charge in [0.05, 0.1) is 18.9 Å². The van der Waals surface area contributed by atoms with Gasteiger partial charge in [-0.15, -0.1) is 16.4 Å². The standard InChI is InChI=1S/C14H18N2O3S/c1-10-6-14(16-15-11(10)2)19-8-12(17)7-18-9-13-4-3-5-20-13/h3-6,12,17H,7-9H2,1-2H3/t12-/m0/s1. The van der Waals surface area contributed by atoms with Gasteiger partial charge in [0.15, 0.2) is 0 Å². The van der Waals surface area contributed by atoms with Crippen molar-refractivity contribution in [3.63, 3.8) is 0 Å². The molecule has 1 atom stereocenters. The molecule has 20 heavy (non-hydrogen) atoms. The molecule has 0 aliphatic heterocycles. The number of rotatable bonds is 7. The van der Waals surface area contributed by atoms with Crippen LogP contribution >= 0.6 is 11.3 Å². The van der Waals surface area contributed by atoms with E-state index < -0.39 is 6.10 Å². The first-order valence-electron chi connectivity index (χ1n) is 6.37. The van der Waals surface area contributed by atoms with E-state index >= 15 is 0 Å². The highest BCUT2D eigenvalue weighted by Gasteiger charge is 2.08. The molecule has 0 aliphatic rings. The van der Waals surface area contributed by atoms with Crippen molar-refractivity contribution in [2.24, 2.45) is 0 Å². The Morgan fingerprint density at radius 1 is 1.30 bits per heavy atom. The Labute approximate surface area is 122 Å². The molecule has 108 valence electrons. The summed E-state index contributed by atoms with van der Waals surface area (Å²) in [5.74, 6) is 0.422. The van der Waals surface area contributed by atoms with E-state index in [1.807, 2.05) is 37.4 Å². The van der Waals surface area contributed by atoms with Gasteiger partial charge in [0, 0.05) is 10.9 Å². The molecule has 0 saturated carbocycles. The van der Waals surface area contributed by atoms with Gasteiger partial charge < -0.3 is 14.6 Å². The smallest absolute Gasteiger partial charge is 0.233 e. The van der Waals surface area contributed by atoms with Crippen molar-refractivity contribution in [1.82, 2.24) is 10.2 Å². The first-order valence-corrected chi connectivity index (χ1v) is 7.25. The third-order valence-electron chi connectivity index (χ3n) is 2.77. The van der Waals surface area contributed by atoms with Crippen molar-refractivity contribution in [2.75, 3.05) is 13.2 Å². The summed E-state index contributed by atoms with van der Waals surface area (Å²) in [5, 5.41) is 19.6. The molecule has 1 N–H and O–H groups in total. The summed E-state index contributed by atoms with van der Waals surface area (Å²) in [6.07, 6.45) is -0.682. The van der Waals surface area contributed by atoms with Gasteiger partial charge in [-0.3, -0.25) is 0 Å². The fourth-order valence-electron chi connectivity index (χ4n) is 1.51. The van der Waals surface area contributed by atoms with E-state index in [1.165, 1.54) is 0 Å². The predicted octanol–water partition coefficient (Wildman–Crippen LogP) is 2.11. The lowest BCUT2D eigenvalue weighted by molar-refractivity contribution is 0.00524. The van der Waals surface area contributed by atoms with E-state index in [0.717, 1.165) is 16.1 Å². The fraction of sp³-hybridized carbons (Fsp3) is 0.429. The molecule has 0 aromatic carbocycles. The Bertz CT molecular complexity index is 531. The Morgan fingerprint density at radius 3 is 2.85 bits per heavy atom. The SMILES string of the molecule is Cc1cc(OC[C@@H](O)COCc2cccs2)nnc1C. The zero-order chi connectivity index (χ0) is 14.4. The van der Waals surface area contributed by atoms with Gasteiger partial charge in [-0.1, -0.05) is 6.07 Å². The summed E-state index contributed by atoms with van der Waals surface area (Å²) >= 11 is 1.63. The van der Waals surface area contributed by atoms with Crippen molar-refractivity contribution in [3.05, 3.63) is 39.7 Å². The molecule has 2 aromatic rings. The predicted molar refractivity (Wildman–Crippen MR) is 77.0 cm³/mol. The topological polar surface area (TPSA) is 64.5 Å². The average molecular weight is 294 g/mol.